The van der Waals surface area contributed by atoms with Gasteiger partial charge < -0.3 is 9.32 Å². The second kappa shape index (κ2) is 14.1. The molecular weight excluding hydrogens is 741 g/mol. The van der Waals surface area contributed by atoms with Crippen LogP contribution in [-0.4, -0.2) is 11.7 Å². The molecule has 2 aliphatic rings. The van der Waals surface area contributed by atoms with Crippen LogP contribution in [0.3, 0.4) is 0 Å². The predicted octanol–water partition coefficient (Wildman–Crippen LogP) is 13.6. The van der Waals surface area contributed by atoms with Crippen molar-refractivity contribution in [2.24, 2.45) is 0 Å². The van der Waals surface area contributed by atoms with E-state index < -0.39 is 0 Å². The molecule has 3 heterocycles. The van der Waals surface area contributed by atoms with Crippen LogP contribution in [-0.2, 0) is 21.7 Å². The van der Waals surface area contributed by atoms with E-state index in [9.17, 15) is 0 Å². The van der Waals surface area contributed by atoms with Crippen LogP contribution >= 0.6 is 0 Å². The fourth-order valence-electron chi connectivity index (χ4n) is 9.08. The summed E-state index contributed by atoms with van der Waals surface area (Å²) in [4.78, 5) is 10.4. The molecule has 0 atom stereocenters. The third-order valence-corrected chi connectivity index (χ3v) is 12.8. The van der Waals surface area contributed by atoms with Crippen molar-refractivity contribution in [3.8, 4) is 22.6 Å². The Bertz CT molecular complexity index is 2770. The van der Waals surface area contributed by atoms with Gasteiger partial charge in [-0.25, -0.2) is 4.98 Å². The number of benzene rings is 6. The Kier molecular flexibility index (Phi) is 9.40. The molecule has 2 aliphatic heterocycles. The minimum atomic E-state index is -0.147. The van der Waals surface area contributed by atoms with Gasteiger partial charge >= 0.3 is 0 Å². The monoisotopic (exact) mass is 801 g/mol. The van der Waals surface area contributed by atoms with Gasteiger partial charge in [-0.3, -0.25) is 4.90 Å². The van der Waals surface area contributed by atoms with Crippen molar-refractivity contribution in [3.63, 3.8) is 0 Å². The summed E-state index contributed by atoms with van der Waals surface area (Å²) in [5.74, 6) is 1.39. The van der Waals surface area contributed by atoms with Crippen LogP contribution in [0.4, 0.5) is 34.3 Å². The lowest BCUT2D eigenvalue weighted by Crippen LogP contribution is -2.62. The van der Waals surface area contributed by atoms with Gasteiger partial charge in [0.05, 0.1) is 5.59 Å². The lowest BCUT2D eigenvalue weighted by Gasteiger charge is -2.42. The highest BCUT2D eigenvalue weighted by Crippen LogP contribution is 2.46. The highest BCUT2D eigenvalue weighted by Gasteiger charge is 2.47. The molecule has 308 valence electrons. The number of oxazole rings is 1. The largest absolute Gasteiger partial charge is 0.420 e. The van der Waals surface area contributed by atoms with Crippen molar-refractivity contribution < 1.29 is 4.42 Å². The number of hydrogen-bond donors (Lipinski definition) is 0. The van der Waals surface area contributed by atoms with Crippen LogP contribution in [0.2, 0.25) is 0 Å². The summed E-state index contributed by atoms with van der Waals surface area (Å²) < 4.78 is 7.12. The van der Waals surface area contributed by atoms with E-state index in [1.807, 2.05) is 0 Å². The molecule has 0 spiro atoms. The smallest absolute Gasteiger partial charge is 0.279 e. The molecular formula is C56H60BN3O. The van der Waals surface area contributed by atoms with E-state index in [1.54, 1.807) is 0 Å². The van der Waals surface area contributed by atoms with E-state index in [0.29, 0.717) is 5.89 Å². The van der Waals surface area contributed by atoms with Crippen molar-refractivity contribution in [1.29, 1.82) is 0 Å². The number of rotatable bonds is 4. The highest BCUT2D eigenvalue weighted by molar-refractivity contribution is 6.99. The molecule has 0 saturated heterocycles. The molecule has 4 nitrogen and oxygen atoms in total. The maximum absolute atomic E-state index is 7.12. The third kappa shape index (κ3) is 7.20. The van der Waals surface area contributed by atoms with E-state index in [2.05, 4.69) is 227 Å². The first kappa shape index (κ1) is 40.6. The first-order chi connectivity index (χ1) is 28.7. The summed E-state index contributed by atoms with van der Waals surface area (Å²) in [6, 6.07) is 47.7. The lowest BCUT2D eigenvalue weighted by molar-refractivity contribution is 0.580. The Morgan fingerprint density at radius 1 is 0.443 bits per heavy atom. The van der Waals surface area contributed by atoms with Crippen LogP contribution in [0.15, 0.2) is 132 Å². The van der Waals surface area contributed by atoms with E-state index in [4.69, 9.17) is 9.40 Å². The van der Waals surface area contributed by atoms with Crippen LogP contribution < -0.4 is 26.3 Å². The molecule has 0 aliphatic carbocycles. The first-order valence-corrected chi connectivity index (χ1v) is 22.0. The molecule has 1 aromatic heterocycles. The lowest BCUT2D eigenvalue weighted by atomic mass is 9.35. The molecule has 0 N–H and O–H groups in total. The number of fused-ring (bicyclic) bond motifs is 4. The molecule has 5 heteroatoms. The van der Waals surface area contributed by atoms with Gasteiger partial charge in [-0.1, -0.05) is 156 Å². The van der Waals surface area contributed by atoms with E-state index in [1.165, 1.54) is 61.2 Å². The fraction of sp³-hybridized carbons (Fsp3) is 0.304. The Morgan fingerprint density at radius 3 is 1.34 bits per heavy atom. The number of anilines is 6. The van der Waals surface area contributed by atoms with Gasteiger partial charge in [0, 0.05) is 34.0 Å². The van der Waals surface area contributed by atoms with Crippen LogP contribution in [0.25, 0.3) is 22.6 Å². The average Bonchev–Trinajstić information content (AvgIpc) is 3.64. The van der Waals surface area contributed by atoms with Crippen molar-refractivity contribution in [3.05, 3.63) is 155 Å². The van der Waals surface area contributed by atoms with E-state index in [0.717, 1.165) is 34.1 Å². The van der Waals surface area contributed by atoms with Crippen LogP contribution in [0.1, 0.15) is 111 Å². The van der Waals surface area contributed by atoms with Crippen LogP contribution in [0.5, 0.6) is 0 Å². The van der Waals surface area contributed by atoms with Crippen molar-refractivity contribution in [2.45, 2.75) is 112 Å². The Hall–Kier alpha value is -5.81. The first-order valence-electron chi connectivity index (χ1n) is 22.0. The second-order valence-electron chi connectivity index (χ2n) is 21.6. The topological polar surface area (TPSA) is 32.5 Å². The van der Waals surface area contributed by atoms with Crippen molar-refractivity contribution in [1.82, 2.24) is 4.98 Å². The van der Waals surface area contributed by atoms with Crippen molar-refractivity contribution in [2.75, 3.05) is 9.80 Å². The SMILES string of the molecule is Cc1cc2c3c(c1)N(c1ccc(C(C)(C)C)cc1)c1oc(-c4ccc(-c5ccc(C(C)(C)C)cc5)cc4)nc1B3c1cc(C(C)(C)C)ccc1N2c1ccc(C(C)(C)C)cc1. The summed E-state index contributed by atoms with van der Waals surface area (Å²) in [5.41, 5.74) is 18.9. The molecule has 0 radical (unpaired) electrons. The van der Waals surface area contributed by atoms with E-state index >= 15 is 0 Å². The summed E-state index contributed by atoms with van der Waals surface area (Å²) in [6.45, 7) is 29.4. The molecule has 7 aromatic rings. The number of nitrogens with zero attached hydrogens (tertiary/aromatic N) is 3. The standard InChI is InChI=1S/C56H60BN3O/c1-35-32-47-49-48(33-35)60(44-29-24-41(25-30-44)55(8,9)10)52-50(58-51(61-52)38-16-14-36(15-17-38)37-18-20-39(21-19-37)53(2,3)4)57(49)45-34-42(56(11,12)13)26-31-46(45)59(47)43-27-22-40(23-28-43)54(5,6)7/h14-34H,1-13H3. The van der Waals surface area contributed by atoms with Gasteiger partial charge in [-0.2, -0.15) is 0 Å². The molecule has 0 fully saturated rings. The highest BCUT2D eigenvalue weighted by atomic mass is 16.4. The molecule has 0 amide bonds. The predicted molar refractivity (Wildman–Crippen MR) is 261 cm³/mol. The van der Waals surface area contributed by atoms with Gasteiger partial charge in [0.15, 0.2) is 0 Å². The minimum Gasteiger partial charge on any atom is -0.420 e. The molecule has 9 rings (SSSR count). The zero-order valence-corrected chi connectivity index (χ0v) is 38.5. The minimum absolute atomic E-state index is 0.0247. The molecule has 0 bridgehead atoms. The Balaban J connectivity index is 1.26. The van der Waals surface area contributed by atoms with Crippen molar-refractivity contribution >= 4 is 57.6 Å². The van der Waals surface area contributed by atoms with Gasteiger partial charge in [0.2, 0.25) is 11.8 Å². The summed E-state index contributed by atoms with van der Waals surface area (Å²) in [7, 11) is 0. The summed E-state index contributed by atoms with van der Waals surface area (Å²) >= 11 is 0. The second-order valence-corrected chi connectivity index (χ2v) is 21.6. The van der Waals surface area contributed by atoms with Gasteiger partial charge in [-0.15, -0.1) is 0 Å². The van der Waals surface area contributed by atoms with E-state index in [-0.39, 0.29) is 28.4 Å². The maximum Gasteiger partial charge on any atom is 0.279 e. The zero-order chi connectivity index (χ0) is 43.4. The normalized spacial score (nSPS) is 13.9. The number of aromatic nitrogens is 1. The quantitative estimate of drug-likeness (QED) is 0.166. The zero-order valence-electron chi connectivity index (χ0n) is 38.5. The van der Waals surface area contributed by atoms with Gasteiger partial charge in [0.1, 0.15) is 0 Å². The van der Waals surface area contributed by atoms with Crippen LogP contribution in [0, 0.1) is 6.92 Å². The molecule has 0 saturated carbocycles. The number of hydrogen-bond acceptors (Lipinski definition) is 4. The maximum atomic E-state index is 7.12. The Labute approximate surface area is 364 Å². The Morgan fingerprint density at radius 2 is 0.852 bits per heavy atom. The average molecular weight is 802 g/mol. The fourth-order valence-corrected chi connectivity index (χ4v) is 9.08. The van der Waals surface area contributed by atoms with Gasteiger partial charge in [0.25, 0.3) is 6.71 Å². The third-order valence-electron chi connectivity index (χ3n) is 12.8. The summed E-state index contributed by atoms with van der Waals surface area (Å²) in [6.07, 6.45) is 0. The number of aryl methyl sites for hydroxylation is 1. The van der Waals surface area contributed by atoms with Gasteiger partial charge in [-0.05, 0) is 133 Å². The summed E-state index contributed by atoms with van der Waals surface area (Å²) in [5, 5.41) is 0. The molecule has 61 heavy (non-hydrogen) atoms. The molecule has 0 unspecified atom stereocenters. The molecule has 6 aromatic carbocycles.